The zero-order valence-electron chi connectivity index (χ0n) is 7.15. The lowest BCUT2D eigenvalue weighted by Gasteiger charge is -2.03. The summed E-state index contributed by atoms with van der Waals surface area (Å²) in [5.74, 6) is -3.38. The van der Waals surface area contributed by atoms with Crippen LogP contribution in [0.1, 0.15) is 5.56 Å². The van der Waals surface area contributed by atoms with Crippen molar-refractivity contribution in [2.75, 3.05) is 0 Å². The molecule has 0 saturated heterocycles. The quantitative estimate of drug-likeness (QED) is 0.714. The Balaban J connectivity index is 3.10. The first-order valence-electron chi connectivity index (χ1n) is 3.79. The van der Waals surface area contributed by atoms with Crippen molar-refractivity contribution in [2.24, 2.45) is 0 Å². The predicted octanol–water partition coefficient (Wildman–Crippen LogP) is 1.35. The molecule has 0 bridgehead atoms. The molecule has 0 heterocycles. The van der Waals surface area contributed by atoms with Crippen molar-refractivity contribution in [2.45, 2.75) is 17.0 Å². The van der Waals surface area contributed by atoms with Crippen LogP contribution in [0.3, 0.4) is 0 Å². The Labute approximate surface area is 82.3 Å². The highest BCUT2D eigenvalue weighted by Crippen LogP contribution is 2.18. The molecule has 0 aliphatic heterocycles. The van der Waals surface area contributed by atoms with Crippen LogP contribution >= 0.6 is 0 Å². The van der Waals surface area contributed by atoms with Gasteiger partial charge in [0.1, 0.15) is 0 Å². The first-order chi connectivity index (χ1) is 6.48. The number of sulfone groups is 1. The Kier molecular flexibility index (Phi) is 3.26. The van der Waals surface area contributed by atoms with Crippen molar-refractivity contribution >= 4 is 17.7 Å². The minimum atomic E-state index is -4.48. The highest BCUT2D eigenvalue weighted by Gasteiger charge is 2.25. The molecule has 0 aromatic heterocycles. The van der Waals surface area contributed by atoms with Crippen LogP contribution in [0, 0.1) is 0 Å². The van der Waals surface area contributed by atoms with Gasteiger partial charge in [-0.1, -0.05) is 24.0 Å². The lowest BCUT2D eigenvalue weighted by Crippen LogP contribution is -2.11. The molecule has 2 nitrogen and oxygen atoms in total. The fourth-order valence-corrected chi connectivity index (χ4v) is 1.64. The minimum Gasteiger partial charge on any atom is -0.218 e. The van der Waals surface area contributed by atoms with Gasteiger partial charge in [-0.15, -0.1) is 0 Å². The van der Waals surface area contributed by atoms with Gasteiger partial charge in [0.2, 0.25) is 9.84 Å². The van der Waals surface area contributed by atoms with Crippen LogP contribution in [0.15, 0.2) is 29.2 Å². The second kappa shape index (κ2) is 4.08. The lowest BCUT2D eigenvalue weighted by atomic mass is 9.97. The summed E-state index contributed by atoms with van der Waals surface area (Å²) in [6.07, 6.45) is 0.245. The molecular weight excluding hydrogens is 209 g/mol. The SMILES string of the molecule is [B]Cc1ccc(S(=O)(=O)C(F)F)cc1. The summed E-state index contributed by atoms with van der Waals surface area (Å²) in [6, 6.07) is 5.08. The van der Waals surface area contributed by atoms with Crippen molar-refractivity contribution in [3.8, 4) is 0 Å². The summed E-state index contributed by atoms with van der Waals surface area (Å²) in [5, 5.41) is 0. The number of benzene rings is 1. The minimum absolute atomic E-state index is 0.245. The third-order valence-electron chi connectivity index (χ3n) is 1.72. The van der Waals surface area contributed by atoms with Crippen LogP contribution in [0.2, 0.25) is 0 Å². The predicted molar refractivity (Wildman–Crippen MR) is 49.1 cm³/mol. The molecule has 0 spiro atoms. The largest absolute Gasteiger partial charge is 0.341 e. The van der Waals surface area contributed by atoms with Crippen molar-refractivity contribution in [1.82, 2.24) is 0 Å². The molecular formula is C8H7BF2O2S. The van der Waals surface area contributed by atoms with E-state index in [1.54, 1.807) is 0 Å². The normalized spacial score (nSPS) is 11.9. The van der Waals surface area contributed by atoms with Crippen LogP contribution in [0.4, 0.5) is 8.78 Å². The zero-order chi connectivity index (χ0) is 10.8. The Hall–Kier alpha value is -0.905. The number of hydrogen-bond donors (Lipinski definition) is 0. The van der Waals surface area contributed by atoms with Gasteiger partial charge in [0, 0.05) is 0 Å². The summed E-state index contributed by atoms with van der Waals surface area (Å²) < 4.78 is 46.0. The van der Waals surface area contributed by atoms with Gasteiger partial charge in [-0.2, -0.15) is 8.78 Å². The van der Waals surface area contributed by atoms with Crippen molar-refractivity contribution in [3.63, 3.8) is 0 Å². The second-order valence-electron chi connectivity index (χ2n) is 2.65. The Morgan fingerprint density at radius 1 is 1.21 bits per heavy atom. The molecule has 0 aliphatic rings. The maximum Gasteiger partial charge on any atom is 0.341 e. The highest BCUT2D eigenvalue weighted by molar-refractivity contribution is 7.91. The first kappa shape index (κ1) is 11.2. The third kappa shape index (κ3) is 2.12. The zero-order valence-corrected chi connectivity index (χ0v) is 7.97. The van der Waals surface area contributed by atoms with Gasteiger partial charge in [0.15, 0.2) is 0 Å². The van der Waals surface area contributed by atoms with Crippen molar-refractivity contribution < 1.29 is 17.2 Å². The van der Waals surface area contributed by atoms with E-state index in [4.69, 9.17) is 7.85 Å². The molecule has 0 amide bonds. The molecule has 6 heteroatoms. The van der Waals surface area contributed by atoms with Crippen LogP contribution in [-0.2, 0) is 16.2 Å². The van der Waals surface area contributed by atoms with Gasteiger partial charge in [0.05, 0.1) is 12.7 Å². The average molecular weight is 216 g/mol. The van der Waals surface area contributed by atoms with E-state index >= 15 is 0 Å². The van der Waals surface area contributed by atoms with Crippen LogP contribution in [-0.4, -0.2) is 22.0 Å². The molecule has 14 heavy (non-hydrogen) atoms. The van der Waals surface area contributed by atoms with Crippen LogP contribution < -0.4 is 0 Å². The molecule has 0 saturated carbocycles. The molecule has 1 aromatic rings. The fourth-order valence-electron chi connectivity index (χ4n) is 0.918. The van der Waals surface area contributed by atoms with Crippen LogP contribution in [0.25, 0.3) is 0 Å². The highest BCUT2D eigenvalue weighted by atomic mass is 32.2. The molecule has 0 N–H and O–H groups in total. The number of hydrogen-bond acceptors (Lipinski definition) is 2. The fraction of sp³-hybridized carbons (Fsp3) is 0.250. The number of rotatable bonds is 3. The van der Waals surface area contributed by atoms with E-state index in [-0.39, 0.29) is 11.2 Å². The summed E-state index contributed by atoms with van der Waals surface area (Å²) in [7, 11) is 0.795. The van der Waals surface area contributed by atoms with Gasteiger partial charge < -0.3 is 0 Å². The maximum absolute atomic E-state index is 12.1. The molecule has 0 aliphatic carbocycles. The van der Waals surface area contributed by atoms with Gasteiger partial charge in [-0.05, 0) is 12.1 Å². The van der Waals surface area contributed by atoms with Crippen molar-refractivity contribution in [1.29, 1.82) is 0 Å². The summed E-state index contributed by atoms with van der Waals surface area (Å²) in [5.41, 5.74) is 0.693. The summed E-state index contributed by atoms with van der Waals surface area (Å²) >= 11 is 0. The van der Waals surface area contributed by atoms with E-state index < -0.39 is 15.6 Å². The maximum atomic E-state index is 12.1. The van der Waals surface area contributed by atoms with Gasteiger partial charge in [-0.25, -0.2) is 8.42 Å². The van der Waals surface area contributed by atoms with Gasteiger partial charge >= 0.3 is 5.76 Å². The second-order valence-corrected chi connectivity index (χ2v) is 4.57. The van der Waals surface area contributed by atoms with Gasteiger partial charge in [-0.3, -0.25) is 0 Å². The smallest absolute Gasteiger partial charge is 0.218 e. The lowest BCUT2D eigenvalue weighted by molar-refractivity contribution is 0.234. The molecule has 0 atom stereocenters. The van der Waals surface area contributed by atoms with E-state index in [9.17, 15) is 17.2 Å². The van der Waals surface area contributed by atoms with E-state index in [1.165, 1.54) is 12.1 Å². The number of halogens is 2. The summed E-state index contributed by atoms with van der Waals surface area (Å²) in [6.45, 7) is 0. The Morgan fingerprint density at radius 3 is 2.07 bits per heavy atom. The number of alkyl halides is 2. The Morgan fingerprint density at radius 2 is 1.71 bits per heavy atom. The average Bonchev–Trinajstić information content (AvgIpc) is 2.17. The van der Waals surface area contributed by atoms with E-state index in [2.05, 4.69) is 0 Å². The Bertz CT molecular complexity index is 400. The van der Waals surface area contributed by atoms with E-state index in [0.29, 0.717) is 5.56 Å². The van der Waals surface area contributed by atoms with E-state index in [1.807, 2.05) is 0 Å². The molecule has 1 rings (SSSR count). The molecule has 2 radical (unpaired) electrons. The first-order valence-corrected chi connectivity index (χ1v) is 5.34. The van der Waals surface area contributed by atoms with Crippen molar-refractivity contribution in [3.05, 3.63) is 29.8 Å². The van der Waals surface area contributed by atoms with Crippen LogP contribution in [0.5, 0.6) is 0 Å². The monoisotopic (exact) mass is 216 g/mol. The van der Waals surface area contributed by atoms with E-state index in [0.717, 1.165) is 12.1 Å². The molecule has 1 aromatic carbocycles. The standard InChI is InChI=1S/C8H7BF2O2S/c9-5-6-1-3-7(4-2-6)14(12,13)8(10)11/h1-4,8H,5H2. The topological polar surface area (TPSA) is 34.1 Å². The molecule has 0 fully saturated rings. The summed E-state index contributed by atoms with van der Waals surface area (Å²) in [4.78, 5) is -0.385. The molecule has 74 valence electrons. The van der Waals surface area contributed by atoms with Gasteiger partial charge in [0.25, 0.3) is 0 Å². The molecule has 0 unspecified atom stereocenters. The third-order valence-corrected chi connectivity index (χ3v) is 3.12.